The van der Waals surface area contributed by atoms with Crippen molar-refractivity contribution in [3.63, 3.8) is 0 Å². The Balaban J connectivity index is 2.14. The molecule has 0 heterocycles. The van der Waals surface area contributed by atoms with Crippen LogP contribution in [-0.4, -0.2) is 5.11 Å². The van der Waals surface area contributed by atoms with Gasteiger partial charge < -0.3 is 9.84 Å². The Kier molecular flexibility index (Phi) is 4.48. The summed E-state index contributed by atoms with van der Waals surface area (Å²) in [6, 6.07) is 12.6. The summed E-state index contributed by atoms with van der Waals surface area (Å²) in [6.45, 7) is 0.260. The number of para-hydroxylation sites is 1. The summed E-state index contributed by atoms with van der Waals surface area (Å²) in [4.78, 5) is 0. The lowest BCUT2D eigenvalue weighted by Gasteiger charge is -2.11. The number of hydrogen-bond donors (Lipinski definition) is 1. The molecule has 4 heteroatoms. The lowest BCUT2D eigenvalue weighted by Crippen LogP contribution is -1.99. The number of aliphatic hydroxyl groups is 1. The Hall–Kier alpha value is -1.22. The SMILES string of the molecule is OCc1ccccc1OCc1cc(Cl)ccc1Cl. The summed E-state index contributed by atoms with van der Waals surface area (Å²) in [6.07, 6.45) is 0. The average molecular weight is 283 g/mol. The fraction of sp³-hybridized carbons (Fsp3) is 0.143. The lowest BCUT2D eigenvalue weighted by atomic mass is 10.2. The number of hydrogen-bond acceptors (Lipinski definition) is 2. The van der Waals surface area contributed by atoms with Gasteiger partial charge in [-0.1, -0.05) is 41.4 Å². The Morgan fingerprint density at radius 1 is 1.00 bits per heavy atom. The normalized spacial score (nSPS) is 10.4. The molecular formula is C14H12Cl2O2. The van der Waals surface area contributed by atoms with E-state index in [1.807, 2.05) is 24.3 Å². The third kappa shape index (κ3) is 3.16. The first-order valence-corrected chi connectivity index (χ1v) is 6.22. The molecule has 0 aromatic heterocycles. The zero-order chi connectivity index (χ0) is 13.0. The van der Waals surface area contributed by atoms with Gasteiger partial charge in [-0.25, -0.2) is 0 Å². The molecule has 0 radical (unpaired) electrons. The molecule has 0 aliphatic rings. The number of halogens is 2. The van der Waals surface area contributed by atoms with Crippen LogP contribution in [-0.2, 0) is 13.2 Å². The van der Waals surface area contributed by atoms with Crippen LogP contribution in [0.5, 0.6) is 5.75 Å². The average Bonchev–Trinajstić information content (AvgIpc) is 2.40. The minimum atomic E-state index is -0.0561. The van der Waals surface area contributed by atoms with Crippen molar-refractivity contribution < 1.29 is 9.84 Å². The molecule has 0 unspecified atom stereocenters. The van der Waals surface area contributed by atoms with E-state index in [9.17, 15) is 5.11 Å². The third-order valence-corrected chi connectivity index (χ3v) is 3.14. The number of aliphatic hydroxyl groups excluding tert-OH is 1. The van der Waals surface area contributed by atoms with Gasteiger partial charge in [0.05, 0.1) is 6.61 Å². The van der Waals surface area contributed by atoms with Gasteiger partial charge in [-0.2, -0.15) is 0 Å². The van der Waals surface area contributed by atoms with Crippen LogP contribution in [0.25, 0.3) is 0 Å². The van der Waals surface area contributed by atoms with E-state index < -0.39 is 0 Å². The summed E-state index contributed by atoms with van der Waals surface area (Å²) in [7, 11) is 0. The number of rotatable bonds is 4. The van der Waals surface area contributed by atoms with Gasteiger partial charge in [-0.05, 0) is 24.3 Å². The molecule has 2 aromatic carbocycles. The summed E-state index contributed by atoms with van der Waals surface area (Å²) in [5, 5.41) is 10.4. The maximum atomic E-state index is 9.19. The molecular weight excluding hydrogens is 271 g/mol. The van der Waals surface area contributed by atoms with Crippen LogP contribution in [0.3, 0.4) is 0 Å². The first kappa shape index (κ1) is 13.2. The van der Waals surface area contributed by atoms with E-state index >= 15 is 0 Å². The predicted molar refractivity (Wildman–Crippen MR) is 73.2 cm³/mol. The third-order valence-electron chi connectivity index (χ3n) is 2.53. The zero-order valence-corrected chi connectivity index (χ0v) is 11.1. The second-order valence-corrected chi connectivity index (χ2v) is 4.63. The predicted octanol–water partition coefficient (Wildman–Crippen LogP) is 4.06. The molecule has 94 valence electrons. The van der Waals surface area contributed by atoms with Crippen LogP contribution in [0.15, 0.2) is 42.5 Å². The molecule has 18 heavy (non-hydrogen) atoms. The Morgan fingerprint density at radius 2 is 1.78 bits per heavy atom. The largest absolute Gasteiger partial charge is 0.488 e. The topological polar surface area (TPSA) is 29.5 Å². The molecule has 0 fully saturated rings. The van der Waals surface area contributed by atoms with Gasteiger partial charge in [-0.3, -0.25) is 0 Å². The van der Waals surface area contributed by atoms with Gasteiger partial charge in [0, 0.05) is 21.2 Å². The van der Waals surface area contributed by atoms with E-state index in [1.165, 1.54) is 0 Å². The van der Waals surface area contributed by atoms with Crippen molar-refractivity contribution in [1.29, 1.82) is 0 Å². The van der Waals surface area contributed by atoms with Crippen molar-refractivity contribution >= 4 is 23.2 Å². The van der Waals surface area contributed by atoms with E-state index in [0.29, 0.717) is 22.4 Å². The van der Waals surface area contributed by atoms with Crippen LogP contribution in [0.2, 0.25) is 10.0 Å². The maximum absolute atomic E-state index is 9.19. The van der Waals surface area contributed by atoms with Crippen molar-refractivity contribution in [3.05, 3.63) is 63.6 Å². The van der Waals surface area contributed by atoms with Crippen LogP contribution in [0, 0.1) is 0 Å². The fourth-order valence-electron chi connectivity index (χ4n) is 1.58. The molecule has 2 rings (SSSR count). The van der Waals surface area contributed by atoms with E-state index in [-0.39, 0.29) is 6.61 Å². The van der Waals surface area contributed by atoms with Crippen LogP contribution in [0.4, 0.5) is 0 Å². The van der Waals surface area contributed by atoms with Gasteiger partial charge >= 0.3 is 0 Å². The first-order valence-electron chi connectivity index (χ1n) is 5.46. The van der Waals surface area contributed by atoms with Gasteiger partial charge in [0.1, 0.15) is 12.4 Å². The monoisotopic (exact) mass is 282 g/mol. The van der Waals surface area contributed by atoms with Crippen molar-refractivity contribution in [2.24, 2.45) is 0 Å². The van der Waals surface area contributed by atoms with Crippen molar-refractivity contribution in [3.8, 4) is 5.75 Å². The smallest absolute Gasteiger partial charge is 0.125 e. The van der Waals surface area contributed by atoms with Crippen molar-refractivity contribution in [1.82, 2.24) is 0 Å². The van der Waals surface area contributed by atoms with Gasteiger partial charge in [0.2, 0.25) is 0 Å². The van der Waals surface area contributed by atoms with Gasteiger partial charge in [0.15, 0.2) is 0 Å². The minimum Gasteiger partial charge on any atom is -0.488 e. The van der Waals surface area contributed by atoms with Crippen LogP contribution in [0.1, 0.15) is 11.1 Å². The van der Waals surface area contributed by atoms with Gasteiger partial charge in [-0.15, -0.1) is 0 Å². The van der Waals surface area contributed by atoms with E-state index in [0.717, 1.165) is 11.1 Å². The summed E-state index contributed by atoms with van der Waals surface area (Å²) >= 11 is 12.0. The zero-order valence-electron chi connectivity index (χ0n) is 9.57. The molecule has 0 aliphatic heterocycles. The van der Waals surface area contributed by atoms with Crippen molar-refractivity contribution in [2.45, 2.75) is 13.2 Å². The fourth-order valence-corrected chi connectivity index (χ4v) is 1.95. The molecule has 0 spiro atoms. The van der Waals surface area contributed by atoms with E-state index in [2.05, 4.69) is 0 Å². The molecule has 0 aliphatic carbocycles. The summed E-state index contributed by atoms with van der Waals surface area (Å²) in [5.74, 6) is 0.649. The molecule has 2 aromatic rings. The first-order chi connectivity index (χ1) is 8.70. The Bertz CT molecular complexity index is 541. The summed E-state index contributed by atoms with van der Waals surface area (Å²) in [5.41, 5.74) is 1.56. The minimum absolute atomic E-state index is 0.0561. The maximum Gasteiger partial charge on any atom is 0.125 e. The van der Waals surface area contributed by atoms with Crippen LogP contribution < -0.4 is 4.74 Å². The molecule has 0 bridgehead atoms. The second-order valence-electron chi connectivity index (χ2n) is 3.79. The lowest BCUT2D eigenvalue weighted by molar-refractivity contribution is 0.259. The van der Waals surface area contributed by atoms with E-state index in [1.54, 1.807) is 18.2 Å². The number of benzene rings is 2. The van der Waals surface area contributed by atoms with Crippen molar-refractivity contribution in [2.75, 3.05) is 0 Å². The molecule has 1 N–H and O–H groups in total. The van der Waals surface area contributed by atoms with E-state index in [4.69, 9.17) is 27.9 Å². The highest BCUT2D eigenvalue weighted by molar-refractivity contribution is 6.33. The number of ether oxygens (including phenoxy) is 1. The highest BCUT2D eigenvalue weighted by Gasteiger charge is 2.05. The second kappa shape index (κ2) is 6.10. The Labute approximate surface area is 116 Å². The molecule has 0 atom stereocenters. The molecule has 0 saturated carbocycles. The Morgan fingerprint density at radius 3 is 2.56 bits per heavy atom. The quantitative estimate of drug-likeness (QED) is 0.916. The standard InChI is InChI=1S/C14H12Cl2O2/c15-12-5-6-13(16)11(7-12)9-18-14-4-2-1-3-10(14)8-17/h1-7,17H,8-9H2. The van der Waals surface area contributed by atoms with Gasteiger partial charge in [0.25, 0.3) is 0 Å². The highest BCUT2D eigenvalue weighted by Crippen LogP contribution is 2.24. The highest BCUT2D eigenvalue weighted by atomic mass is 35.5. The van der Waals surface area contributed by atoms with Crippen LogP contribution >= 0.6 is 23.2 Å². The summed E-state index contributed by atoms with van der Waals surface area (Å²) < 4.78 is 5.65. The molecule has 0 amide bonds. The molecule has 2 nitrogen and oxygen atoms in total. The molecule has 0 saturated heterocycles.